The number of rotatable bonds is 12. The minimum absolute atomic E-state index is 0.151. The average molecular weight is 518 g/mol. The van der Waals surface area contributed by atoms with E-state index in [0.717, 1.165) is 11.1 Å². The molecule has 8 nitrogen and oxygen atoms in total. The van der Waals surface area contributed by atoms with Crippen molar-refractivity contribution in [2.45, 2.75) is 40.3 Å². The Labute approximate surface area is 224 Å². The highest BCUT2D eigenvalue weighted by molar-refractivity contribution is 5.97. The molecular weight excluding hydrogens is 482 g/mol. The molecule has 0 saturated carbocycles. The van der Waals surface area contributed by atoms with Gasteiger partial charge in [-0.05, 0) is 73.4 Å². The molecule has 0 spiro atoms. The molecule has 3 aromatic rings. The molecule has 0 radical (unpaired) electrons. The molecule has 1 unspecified atom stereocenters. The first-order valence-electron chi connectivity index (χ1n) is 12.5. The Bertz CT molecular complexity index is 1240. The Morgan fingerprint density at radius 3 is 2.29 bits per heavy atom. The predicted molar refractivity (Wildman–Crippen MR) is 148 cm³/mol. The van der Waals surface area contributed by atoms with Crippen molar-refractivity contribution in [2.24, 2.45) is 11.0 Å². The molecule has 3 aromatic carbocycles. The van der Waals surface area contributed by atoms with Crippen LogP contribution < -0.4 is 25.0 Å². The summed E-state index contributed by atoms with van der Waals surface area (Å²) >= 11 is 0. The summed E-state index contributed by atoms with van der Waals surface area (Å²) in [6.07, 6.45) is 1.52. The number of nitrogens with one attached hydrogen (secondary N) is 2. The molecule has 0 aliphatic rings. The number of hydrazone groups is 1. The SMILES string of the molecule is CCOc1cc(C=NNC(=O)C(NC(=O)c2ccc(OC)cc2)C(C)C)ccc1OCc1ccc(C)cc1. The van der Waals surface area contributed by atoms with E-state index in [1.54, 1.807) is 37.4 Å². The lowest BCUT2D eigenvalue weighted by molar-refractivity contribution is -0.123. The van der Waals surface area contributed by atoms with Crippen LogP contribution in [0.2, 0.25) is 0 Å². The van der Waals surface area contributed by atoms with Crippen LogP contribution in [0.25, 0.3) is 0 Å². The summed E-state index contributed by atoms with van der Waals surface area (Å²) < 4.78 is 16.8. The third-order valence-corrected chi connectivity index (χ3v) is 5.76. The summed E-state index contributed by atoms with van der Waals surface area (Å²) in [7, 11) is 1.56. The maximum absolute atomic E-state index is 12.8. The average Bonchev–Trinajstić information content (AvgIpc) is 2.92. The van der Waals surface area contributed by atoms with Gasteiger partial charge in [-0.15, -0.1) is 0 Å². The van der Waals surface area contributed by atoms with Gasteiger partial charge in [0.15, 0.2) is 11.5 Å². The molecule has 38 heavy (non-hydrogen) atoms. The number of methoxy groups -OCH3 is 1. The number of hydrogen-bond donors (Lipinski definition) is 2. The first-order chi connectivity index (χ1) is 18.3. The lowest BCUT2D eigenvalue weighted by Gasteiger charge is -2.20. The molecule has 0 heterocycles. The highest BCUT2D eigenvalue weighted by atomic mass is 16.5. The number of carbonyl (C=O) groups is 2. The molecule has 200 valence electrons. The van der Waals surface area contributed by atoms with Crippen LogP contribution in [0, 0.1) is 12.8 Å². The third kappa shape index (κ3) is 8.09. The zero-order valence-electron chi connectivity index (χ0n) is 22.5. The monoisotopic (exact) mass is 517 g/mol. The molecular formula is C30H35N3O5. The van der Waals surface area contributed by atoms with Gasteiger partial charge in [0.1, 0.15) is 18.4 Å². The number of benzene rings is 3. The molecule has 0 saturated heterocycles. The van der Waals surface area contributed by atoms with E-state index in [4.69, 9.17) is 14.2 Å². The maximum atomic E-state index is 12.8. The zero-order valence-corrected chi connectivity index (χ0v) is 22.5. The Balaban J connectivity index is 1.62. The molecule has 2 N–H and O–H groups in total. The number of hydrogen-bond acceptors (Lipinski definition) is 6. The molecule has 2 amide bonds. The van der Waals surface area contributed by atoms with E-state index >= 15 is 0 Å². The molecule has 0 aliphatic heterocycles. The van der Waals surface area contributed by atoms with Crippen LogP contribution >= 0.6 is 0 Å². The summed E-state index contributed by atoms with van der Waals surface area (Å²) in [5.74, 6) is 0.931. The van der Waals surface area contributed by atoms with Crippen molar-refractivity contribution in [3.63, 3.8) is 0 Å². The lowest BCUT2D eigenvalue weighted by atomic mass is 10.0. The standard InChI is InChI=1S/C30H35N3O5/c1-6-37-27-17-23(11-16-26(27)38-19-22-9-7-21(4)8-10-22)18-31-33-30(35)28(20(2)3)32-29(34)24-12-14-25(36-5)15-13-24/h7-18,20,28H,6,19H2,1-5H3,(H,32,34)(H,33,35). The predicted octanol–water partition coefficient (Wildman–Crippen LogP) is 4.89. The van der Waals surface area contributed by atoms with E-state index in [2.05, 4.69) is 15.8 Å². The van der Waals surface area contributed by atoms with Crippen LogP contribution in [0.15, 0.2) is 71.8 Å². The molecule has 8 heteroatoms. The van der Waals surface area contributed by atoms with Gasteiger partial charge in [-0.25, -0.2) is 5.43 Å². The molecule has 3 rings (SSSR count). The van der Waals surface area contributed by atoms with Gasteiger partial charge in [0.25, 0.3) is 11.8 Å². The fourth-order valence-corrected chi connectivity index (χ4v) is 3.58. The Hall–Kier alpha value is -4.33. The topological polar surface area (TPSA) is 98.2 Å². The Morgan fingerprint density at radius 1 is 0.947 bits per heavy atom. The van der Waals surface area contributed by atoms with E-state index in [1.807, 2.05) is 64.1 Å². The molecule has 0 fully saturated rings. The molecule has 1 atom stereocenters. The Morgan fingerprint density at radius 2 is 1.66 bits per heavy atom. The first-order valence-corrected chi connectivity index (χ1v) is 12.5. The van der Waals surface area contributed by atoms with E-state index in [9.17, 15) is 9.59 Å². The molecule has 0 bridgehead atoms. The Kier molecular flexibility index (Phi) is 10.3. The van der Waals surface area contributed by atoms with Crippen molar-refractivity contribution in [1.29, 1.82) is 0 Å². The van der Waals surface area contributed by atoms with Gasteiger partial charge in [0.2, 0.25) is 0 Å². The quantitative estimate of drug-likeness (QED) is 0.263. The first kappa shape index (κ1) is 28.2. The van der Waals surface area contributed by atoms with Gasteiger partial charge in [-0.1, -0.05) is 43.7 Å². The number of ether oxygens (including phenoxy) is 3. The zero-order chi connectivity index (χ0) is 27.5. The largest absolute Gasteiger partial charge is 0.497 e. The second kappa shape index (κ2) is 13.8. The maximum Gasteiger partial charge on any atom is 0.262 e. The molecule has 0 aromatic heterocycles. The highest BCUT2D eigenvalue weighted by Gasteiger charge is 2.24. The van der Waals surface area contributed by atoms with Gasteiger partial charge in [-0.3, -0.25) is 9.59 Å². The summed E-state index contributed by atoms with van der Waals surface area (Å²) in [6, 6.07) is 19.5. The number of amides is 2. The van der Waals surface area contributed by atoms with Crippen LogP contribution in [0.3, 0.4) is 0 Å². The number of carbonyl (C=O) groups excluding carboxylic acids is 2. The minimum atomic E-state index is -0.765. The fourth-order valence-electron chi connectivity index (χ4n) is 3.58. The van der Waals surface area contributed by atoms with Crippen molar-refractivity contribution < 1.29 is 23.8 Å². The third-order valence-electron chi connectivity index (χ3n) is 5.76. The van der Waals surface area contributed by atoms with E-state index in [0.29, 0.717) is 36.0 Å². The normalized spacial score (nSPS) is 11.7. The van der Waals surface area contributed by atoms with Crippen molar-refractivity contribution in [1.82, 2.24) is 10.7 Å². The minimum Gasteiger partial charge on any atom is -0.497 e. The fraction of sp³-hybridized carbons (Fsp3) is 0.300. The van der Waals surface area contributed by atoms with Gasteiger partial charge >= 0.3 is 0 Å². The van der Waals surface area contributed by atoms with Crippen LogP contribution in [0.1, 0.15) is 47.8 Å². The van der Waals surface area contributed by atoms with Gasteiger partial charge in [0.05, 0.1) is 19.9 Å². The smallest absolute Gasteiger partial charge is 0.262 e. The van der Waals surface area contributed by atoms with E-state index in [1.165, 1.54) is 11.8 Å². The van der Waals surface area contributed by atoms with Crippen molar-refractivity contribution in [2.75, 3.05) is 13.7 Å². The second-order valence-electron chi connectivity index (χ2n) is 9.07. The van der Waals surface area contributed by atoms with Crippen LogP contribution in [-0.2, 0) is 11.4 Å². The van der Waals surface area contributed by atoms with Crippen molar-refractivity contribution in [3.05, 3.63) is 89.0 Å². The summed E-state index contributed by atoms with van der Waals surface area (Å²) in [5, 5.41) is 6.87. The summed E-state index contributed by atoms with van der Waals surface area (Å²) in [4.78, 5) is 25.5. The summed E-state index contributed by atoms with van der Waals surface area (Å²) in [5.41, 5.74) is 5.94. The van der Waals surface area contributed by atoms with Gasteiger partial charge in [0, 0.05) is 5.56 Å². The lowest BCUT2D eigenvalue weighted by Crippen LogP contribution is -2.48. The van der Waals surface area contributed by atoms with Crippen LogP contribution in [0.5, 0.6) is 17.2 Å². The van der Waals surface area contributed by atoms with E-state index in [-0.39, 0.29) is 11.8 Å². The van der Waals surface area contributed by atoms with Gasteiger partial charge < -0.3 is 19.5 Å². The second-order valence-corrected chi connectivity index (χ2v) is 9.07. The van der Waals surface area contributed by atoms with Crippen molar-refractivity contribution >= 4 is 18.0 Å². The number of nitrogens with zero attached hydrogens (tertiary/aromatic N) is 1. The van der Waals surface area contributed by atoms with E-state index < -0.39 is 11.9 Å². The van der Waals surface area contributed by atoms with Crippen LogP contribution in [0.4, 0.5) is 0 Å². The summed E-state index contributed by atoms with van der Waals surface area (Å²) in [6.45, 7) is 8.54. The molecule has 0 aliphatic carbocycles. The van der Waals surface area contributed by atoms with Crippen LogP contribution in [-0.4, -0.2) is 37.8 Å². The van der Waals surface area contributed by atoms with Crippen molar-refractivity contribution in [3.8, 4) is 17.2 Å². The number of aryl methyl sites for hydroxylation is 1. The highest BCUT2D eigenvalue weighted by Crippen LogP contribution is 2.29. The van der Waals surface area contributed by atoms with Gasteiger partial charge in [-0.2, -0.15) is 5.10 Å².